The Hall–Kier alpha value is -2.37. The molecule has 6 heteroatoms. The van der Waals surface area contributed by atoms with Crippen molar-refractivity contribution in [2.45, 2.75) is 33.3 Å². The van der Waals surface area contributed by atoms with Crippen LogP contribution in [0.2, 0.25) is 0 Å². The summed E-state index contributed by atoms with van der Waals surface area (Å²) in [6.45, 7) is 7.20. The first-order valence-corrected chi connectivity index (χ1v) is 6.26. The fraction of sp³-hybridized carbons (Fsp3) is 0.357. The van der Waals surface area contributed by atoms with Gasteiger partial charge in [-0.25, -0.2) is 9.59 Å². The van der Waals surface area contributed by atoms with E-state index in [1.54, 1.807) is 32.9 Å². The van der Waals surface area contributed by atoms with Gasteiger partial charge in [0.1, 0.15) is 5.60 Å². The van der Waals surface area contributed by atoms with Gasteiger partial charge >= 0.3 is 11.7 Å². The van der Waals surface area contributed by atoms with Gasteiger partial charge in [0.05, 0.1) is 5.69 Å². The van der Waals surface area contributed by atoms with E-state index in [9.17, 15) is 9.59 Å². The molecule has 1 N–H and O–H groups in total. The molecule has 0 aliphatic rings. The van der Waals surface area contributed by atoms with Gasteiger partial charge in [-0.15, -0.1) is 5.10 Å². The molecule has 0 atom stereocenters. The molecule has 1 aromatic carbocycles. The highest BCUT2D eigenvalue weighted by Crippen LogP contribution is 2.10. The summed E-state index contributed by atoms with van der Waals surface area (Å²) in [5.41, 5.74) is 0.549. The van der Waals surface area contributed by atoms with Crippen LogP contribution in [-0.4, -0.2) is 26.3 Å². The molecule has 0 unspecified atom stereocenters. The molecule has 0 aliphatic carbocycles. The molecule has 0 saturated heterocycles. The van der Waals surface area contributed by atoms with Gasteiger partial charge in [-0.1, -0.05) is 17.7 Å². The molecule has 0 spiro atoms. The number of rotatable bonds is 2. The first kappa shape index (κ1) is 14.0. The smallest absolute Gasteiger partial charge is 0.376 e. The fourth-order valence-corrected chi connectivity index (χ4v) is 1.60. The van der Waals surface area contributed by atoms with Crippen molar-refractivity contribution < 1.29 is 9.53 Å². The number of H-pyrrole nitrogens is 1. The third-order valence-electron chi connectivity index (χ3n) is 2.49. The summed E-state index contributed by atoms with van der Waals surface area (Å²) >= 11 is 0. The summed E-state index contributed by atoms with van der Waals surface area (Å²) in [7, 11) is 0. The van der Waals surface area contributed by atoms with Gasteiger partial charge in [0.2, 0.25) is 5.82 Å². The van der Waals surface area contributed by atoms with Gasteiger partial charge in [0.15, 0.2) is 0 Å². The maximum atomic E-state index is 11.8. The Labute approximate surface area is 116 Å². The number of aromatic amines is 1. The predicted octanol–water partition coefficient (Wildman–Crippen LogP) is 1.82. The first-order valence-electron chi connectivity index (χ1n) is 6.26. The largest absolute Gasteiger partial charge is 0.454 e. The molecule has 0 aliphatic heterocycles. The van der Waals surface area contributed by atoms with Gasteiger partial charge in [0.25, 0.3) is 0 Å². The van der Waals surface area contributed by atoms with Gasteiger partial charge in [0, 0.05) is 0 Å². The number of carbonyl (C=O) groups is 1. The maximum absolute atomic E-state index is 11.8. The lowest BCUT2D eigenvalue weighted by atomic mass is 10.2. The van der Waals surface area contributed by atoms with Crippen LogP contribution in [0.1, 0.15) is 37.0 Å². The summed E-state index contributed by atoms with van der Waals surface area (Å²) in [5, 5.41) is 3.97. The monoisotopic (exact) mass is 275 g/mol. The molecule has 6 nitrogen and oxygen atoms in total. The zero-order valence-electron chi connectivity index (χ0n) is 11.9. The van der Waals surface area contributed by atoms with Crippen molar-refractivity contribution in [3.63, 3.8) is 0 Å². The summed E-state index contributed by atoms with van der Waals surface area (Å²) in [6.07, 6.45) is 0. The molecule has 1 aromatic heterocycles. The zero-order valence-corrected chi connectivity index (χ0v) is 11.9. The second-order valence-corrected chi connectivity index (χ2v) is 5.53. The van der Waals surface area contributed by atoms with Gasteiger partial charge in [-0.2, -0.15) is 4.68 Å². The summed E-state index contributed by atoms with van der Waals surface area (Å²) in [4.78, 5) is 26.1. The lowest BCUT2D eigenvalue weighted by Gasteiger charge is -2.18. The van der Waals surface area contributed by atoms with Crippen molar-refractivity contribution in [2.24, 2.45) is 0 Å². The van der Waals surface area contributed by atoms with E-state index in [2.05, 4.69) is 10.1 Å². The van der Waals surface area contributed by atoms with E-state index in [1.165, 1.54) is 0 Å². The molecule has 20 heavy (non-hydrogen) atoms. The molecule has 1 heterocycles. The SMILES string of the molecule is Cc1ccc(-n2nc(C(=O)OC(C)(C)C)[nH]c2=O)cc1. The Kier molecular flexibility index (Phi) is 3.48. The van der Waals surface area contributed by atoms with E-state index in [0.717, 1.165) is 10.2 Å². The van der Waals surface area contributed by atoms with Crippen LogP contribution in [0.15, 0.2) is 29.1 Å². The van der Waals surface area contributed by atoms with Crippen molar-refractivity contribution >= 4 is 5.97 Å². The second-order valence-electron chi connectivity index (χ2n) is 5.53. The number of aromatic nitrogens is 3. The van der Waals surface area contributed by atoms with E-state index in [4.69, 9.17) is 4.74 Å². The van der Waals surface area contributed by atoms with E-state index in [0.29, 0.717) is 5.69 Å². The Morgan fingerprint density at radius 1 is 1.25 bits per heavy atom. The lowest BCUT2D eigenvalue weighted by Crippen LogP contribution is -2.24. The predicted molar refractivity (Wildman–Crippen MR) is 74.1 cm³/mol. The number of ether oxygens (including phenoxy) is 1. The number of carbonyl (C=O) groups excluding carboxylic acids is 1. The number of hydrogen-bond donors (Lipinski definition) is 1. The zero-order chi connectivity index (χ0) is 14.9. The molecule has 0 bridgehead atoms. The van der Waals surface area contributed by atoms with Gasteiger partial charge in [-0.05, 0) is 39.8 Å². The van der Waals surface area contributed by atoms with E-state index in [1.807, 2.05) is 19.1 Å². The Morgan fingerprint density at radius 3 is 2.40 bits per heavy atom. The topological polar surface area (TPSA) is 77.0 Å². The number of aryl methyl sites for hydroxylation is 1. The highest BCUT2D eigenvalue weighted by atomic mass is 16.6. The molecule has 0 radical (unpaired) electrons. The van der Waals surface area contributed by atoms with Crippen molar-refractivity contribution in [3.05, 3.63) is 46.1 Å². The molecule has 2 rings (SSSR count). The molecular formula is C14H17N3O3. The minimum atomic E-state index is -0.652. The minimum Gasteiger partial charge on any atom is -0.454 e. The van der Waals surface area contributed by atoms with Crippen LogP contribution in [-0.2, 0) is 4.74 Å². The van der Waals surface area contributed by atoms with Crippen molar-refractivity contribution in [1.29, 1.82) is 0 Å². The Morgan fingerprint density at radius 2 is 1.85 bits per heavy atom. The number of benzene rings is 1. The van der Waals surface area contributed by atoms with Crippen molar-refractivity contribution in [2.75, 3.05) is 0 Å². The quantitative estimate of drug-likeness (QED) is 0.848. The molecule has 106 valence electrons. The molecule has 0 amide bonds. The molecule has 2 aromatic rings. The standard InChI is InChI=1S/C14H17N3O3/c1-9-5-7-10(8-6-9)17-13(19)15-11(16-17)12(18)20-14(2,3)4/h5-8H,1-4H3,(H,15,16,19). The first-order chi connectivity index (χ1) is 9.26. The second kappa shape index (κ2) is 4.96. The van der Waals surface area contributed by atoms with Crippen molar-refractivity contribution in [1.82, 2.24) is 14.8 Å². The third kappa shape index (κ3) is 3.14. The summed E-state index contributed by atoms with van der Waals surface area (Å²) in [5.74, 6) is -0.758. The fourth-order valence-electron chi connectivity index (χ4n) is 1.60. The van der Waals surface area contributed by atoms with Gasteiger partial charge < -0.3 is 4.74 Å². The van der Waals surface area contributed by atoms with E-state index < -0.39 is 17.3 Å². The highest BCUT2D eigenvalue weighted by Gasteiger charge is 2.21. The van der Waals surface area contributed by atoms with Crippen LogP contribution in [0, 0.1) is 6.92 Å². The lowest BCUT2D eigenvalue weighted by molar-refractivity contribution is 0.00557. The Bertz CT molecular complexity index is 675. The molecule has 0 saturated carbocycles. The van der Waals surface area contributed by atoms with Crippen LogP contribution in [0.25, 0.3) is 5.69 Å². The van der Waals surface area contributed by atoms with Crippen LogP contribution in [0.4, 0.5) is 0 Å². The molecule has 0 fully saturated rings. The van der Waals surface area contributed by atoms with Gasteiger partial charge in [-0.3, -0.25) is 4.98 Å². The number of hydrogen-bond acceptors (Lipinski definition) is 4. The summed E-state index contributed by atoms with van der Waals surface area (Å²) < 4.78 is 6.30. The van der Waals surface area contributed by atoms with Crippen molar-refractivity contribution in [3.8, 4) is 5.69 Å². The van der Waals surface area contributed by atoms with E-state index >= 15 is 0 Å². The summed E-state index contributed by atoms with van der Waals surface area (Å²) in [6, 6.07) is 7.25. The third-order valence-corrected chi connectivity index (χ3v) is 2.49. The maximum Gasteiger partial charge on any atom is 0.376 e. The van der Waals surface area contributed by atoms with Crippen LogP contribution < -0.4 is 5.69 Å². The van der Waals surface area contributed by atoms with E-state index in [-0.39, 0.29) is 5.82 Å². The number of esters is 1. The minimum absolute atomic E-state index is 0.106. The number of nitrogens with one attached hydrogen (secondary N) is 1. The van der Waals surface area contributed by atoms with Crippen LogP contribution in [0.5, 0.6) is 0 Å². The Balaban J connectivity index is 2.33. The molecular weight excluding hydrogens is 258 g/mol. The average molecular weight is 275 g/mol. The highest BCUT2D eigenvalue weighted by molar-refractivity contribution is 5.85. The normalized spacial score (nSPS) is 11.4. The van der Waals surface area contributed by atoms with Crippen LogP contribution >= 0.6 is 0 Å². The average Bonchev–Trinajstić information content (AvgIpc) is 2.70. The van der Waals surface area contributed by atoms with Crippen LogP contribution in [0.3, 0.4) is 0 Å². The number of nitrogens with zero attached hydrogens (tertiary/aromatic N) is 2.